The summed E-state index contributed by atoms with van der Waals surface area (Å²) in [5.41, 5.74) is 3.34. The molecule has 1 atom stereocenters. The van der Waals surface area contributed by atoms with E-state index in [1.807, 2.05) is 12.3 Å². The molecule has 1 amide bonds. The number of pyridine rings is 1. The number of carbonyl (C=O) groups excluding carboxylic acids is 1. The van der Waals surface area contributed by atoms with Crippen molar-refractivity contribution >= 4 is 45.0 Å². The van der Waals surface area contributed by atoms with E-state index in [1.54, 1.807) is 6.20 Å². The van der Waals surface area contributed by atoms with Gasteiger partial charge in [-0.05, 0) is 37.5 Å². The lowest BCUT2D eigenvalue weighted by atomic mass is 10.1. The van der Waals surface area contributed by atoms with Gasteiger partial charge in [-0.15, -0.1) is 11.3 Å². The van der Waals surface area contributed by atoms with E-state index in [4.69, 9.17) is 4.98 Å². The first-order valence-electron chi connectivity index (χ1n) is 7.82. The molecule has 124 valence electrons. The molecular formula is C18H19N3OS2. The van der Waals surface area contributed by atoms with Crippen molar-refractivity contribution in [2.75, 3.05) is 5.32 Å². The second-order valence-electron chi connectivity index (χ2n) is 5.59. The molecular weight excluding hydrogens is 338 g/mol. The third-order valence-electron chi connectivity index (χ3n) is 3.81. The van der Waals surface area contributed by atoms with Gasteiger partial charge >= 0.3 is 0 Å². The quantitative estimate of drug-likeness (QED) is 0.665. The number of rotatable bonds is 5. The summed E-state index contributed by atoms with van der Waals surface area (Å²) in [5.74, 6) is -0.0261. The molecule has 0 fully saturated rings. The molecule has 3 aromatic rings. The number of para-hydroxylation sites is 1. The standard InChI is InChI=1S/C18H19N3OS2/c1-4-14(17(22)21-18-19-8-9-23-18)24-15-10-12(3)13-7-5-6-11(2)16(13)20-15/h5-10,14H,4H2,1-3H3,(H,19,21,22). The zero-order valence-electron chi connectivity index (χ0n) is 13.9. The molecule has 2 aromatic heterocycles. The second kappa shape index (κ2) is 7.32. The summed E-state index contributed by atoms with van der Waals surface area (Å²) in [4.78, 5) is 21.3. The minimum atomic E-state index is -0.192. The molecule has 0 aliphatic heterocycles. The minimum absolute atomic E-state index is 0.0261. The van der Waals surface area contributed by atoms with Gasteiger partial charge in [0.05, 0.1) is 15.8 Å². The average molecular weight is 358 g/mol. The highest BCUT2D eigenvalue weighted by Gasteiger charge is 2.20. The number of thioether (sulfide) groups is 1. The summed E-state index contributed by atoms with van der Waals surface area (Å²) in [6.45, 7) is 6.16. The number of fused-ring (bicyclic) bond motifs is 1. The lowest BCUT2D eigenvalue weighted by Crippen LogP contribution is -2.24. The summed E-state index contributed by atoms with van der Waals surface area (Å²) in [7, 11) is 0. The van der Waals surface area contributed by atoms with E-state index in [9.17, 15) is 4.79 Å². The lowest BCUT2D eigenvalue weighted by Gasteiger charge is -2.14. The van der Waals surface area contributed by atoms with Crippen molar-refractivity contribution in [3.05, 3.63) is 47.0 Å². The molecule has 6 heteroatoms. The normalized spacial score (nSPS) is 12.3. The van der Waals surface area contributed by atoms with Gasteiger partial charge in [0, 0.05) is 17.0 Å². The molecule has 0 radical (unpaired) electrons. The number of benzene rings is 1. The molecule has 0 bridgehead atoms. The number of anilines is 1. The molecule has 3 rings (SSSR count). The van der Waals surface area contributed by atoms with Crippen LogP contribution >= 0.6 is 23.1 Å². The van der Waals surface area contributed by atoms with Crippen LogP contribution in [0, 0.1) is 13.8 Å². The Morgan fingerprint density at radius 1 is 1.33 bits per heavy atom. The maximum absolute atomic E-state index is 12.5. The maximum Gasteiger partial charge on any atom is 0.239 e. The second-order valence-corrected chi connectivity index (χ2v) is 7.71. The SMILES string of the molecule is CCC(Sc1cc(C)c2cccc(C)c2n1)C(=O)Nc1nccs1. The van der Waals surface area contributed by atoms with E-state index < -0.39 is 0 Å². The topological polar surface area (TPSA) is 54.9 Å². The number of hydrogen-bond donors (Lipinski definition) is 1. The fraction of sp³-hybridized carbons (Fsp3) is 0.278. The van der Waals surface area contributed by atoms with Gasteiger partial charge in [0.15, 0.2) is 5.13 Å². The molecule has 24 heavy (non-hydrogen) atoms. The van der Waals surface area contributed by atoms with Crippen LogP contribution in [-0.4, -0.2) is 21.1 Å². The van der Waals surface area contributed by atoms with Crippen molar-refractivity contribution in [3.8, 4) is 0 Å². The zero-order chi connectivity index (χ0) is 17.1. The molecule has 2 heterocycles. The number of hydrogen-bond acceptors (Lipinski definition) is 5. The van der Waals surface area contributed by atoms with E-state index >= 15 is 0 Å². The van der Waals surface area contributed by atoms with Crippen LogP contribution in [0.5, 0.6) is 0 Å². The van der Waals surface area contributed by atoms with Crippen LogP contribution in [0.1, 0.15) is 24.5 Å². The Hall–Kier alpha value is -1.92. The highest BCUT2D eigenvalue weighted by Crippen LogP contribution is 2.30. The highest BCUT2D eigenvalue weighted by atomic mass is 32.2. The number of carbonyl (C=O) groups is 1. The first-order valence-corrected chi connectivity index (χ1v) is 9.58. The lowest BCUT2D eigenvalue weighted by molar-refractivity contribution is -0.115. The highest BCUT2D eigenvalue weighted by molar-refractivity contribution is 8.00. The maximum atomic E-state index is 12.5. The molecule has 0 saturated heterocycles. The van der Waals surface area contributed by atoms with E-state index in [-0.39, 0.29) is 11.2 Å². The van der Waals surface area contributed by atoms with E-state index in [2.05, 4.69) is 48.4 Å². The van der Waals surface area contributed by atoms with Crippen LogP contribution in [0.2, 0.25) is 0 Å². The predicted octanol–water partition coefficient (Wildman–Crippen LogP) is 4.82. The Labute approximate surface area is 149 Å². The number of aromatic nitrogens is 2. The monoisotopic (exact) mass is 357 g/mol. The van der Waals surface area contributed by atoms with Gasteiger partial charge in [-0.2, -0.15) is 0 Å². The van der Waals surface area contributed by atoms with E-state index in [0.717, 1.165) is 22.5 Å². The first-order chi connectivity index (χ1) is 11.6. The Morgan fingerprint density at radius 3 is 2.88 bits per heavy atom. The summed E-state index contributed by atoms with van der Waals surface area (Å²) >= 11 is 2.93. The van der Waals surface area contributed by atoms with E-state index in [0.29, 0.717) is 5.13 Å². The number of aryl methyl sites for hydroxylation is 2. The molecule has 4 nitrogen and oxygen atoms in total. The minimum Gasteiger partial charge on any atom is -0.301 e. The van der Waals surface area contributed by atoms with Gasteiger partial charge in [0.1, 0.15) is 0 Å². The van der Waals surface area contributed by atoms with Crippen LogP contribution in [0.4, 0.5) is 5.13 Å². The van der Waals surface area contributed by atoms with Gasteiger partial charge in [0.2, 0.25) is 5.91 Å². The van der Waals surface area contributed by atoms with Gasteiger partial charge in [-0.3, -0.25) is 4.79 Å². The van der Waals surface area contributed by atoms with Crippen molar-refractivity contribution in [2.24, 2.45) is 0 Å². The molecule has 1 unspecified atom stereocenters. The fourth-order valence-electron chi connectivity index (χ4n) is 2.53. The van der Waals surface area contributed by atoms with Crippen molar-refractivity contribution in [3.63, 3.8) is 0 Å². The first kappa shape index (κ1) is 16.9. The number of amides is 1. The predicted molar refractivity (Wildman–Crippen MR) is 102 cm³/mol. The molecule has 0 aliphatic rings. The van der Waals surface area contributed by atoms with Crippen molar-refractivity contribution in [1.29, 1.82) is 0 Å². The smallest absolute Gasteiger partial charge is 0.239 e. The molecule has 0 aliphatic carbocycles. The van der Waals surface area contributed by atoms with Crippen LogP contribution in [0.15, 0.2) is 40.9 Å². The Kier molecular flexibility index (Phi) is 5.16. The van der Waals surface area contributed by atoms with Crippen LogP contribution in [0.25, 0.3) is 10.9 Å². The molecule has 0 saturated carbocycles. The summed E-state index contributed by atoms with van der Waals surface area (Å²) in [6.07, 6.45) is 2.42. The molecule has 1 N–H and O–H groups in total. The van der Waals surface area contributed by atoms with Gasteiger partial charge < -0.3 is 5.32 Å². The largest absolute Gasteiger partial charge is 0.301 e. The van der Waals surface area contributed by atoms with Crippen LogP contribution < -0.4 is 5.32 Å². The Balaban J connectivity index is 1.84. The summed E-state index contributed by atoms with van der Waals surface area (Å²) in [5, 5.41) is 7.22. The third-order valence-corrected chi connectivity index (χ3v) is 5.78. The van der Waals surface area contributed by atoms with Gasteiger partial charge in [0.25, 0.3) is 0 Å². The van der Waals surface area contributed by atoms with E-state index in [1.165, 1.54) is 34.0 Å². The molecule has 0 spiro atoms. The van der Waals surface area contributed by atoms with Gasteiger partial charge in [-0.25, -0.2) is 9.97 Å². The van der Waals surface area contributed by atoms with Crippen LogP contribution in [-0.2, 0) is 4.79 Å². The van der Waals surface area contributed by atoms with Crippen molar-refractivity contribution in [2.45, 2.75) is 37.5 Å². The van der Waals surface area contributed by atoms with Crippen molar-refractivity contribution < 1.29 is 4.79 Å². The fourth-order valence-corrected chi connectivity index (χ4v) is 4.08. The summed E-state index contributed by atoms with van der Waals surface area (Å²) in [6, 6.07) is 8.27. The average Bonchev–Trinajstić information content (AvgIpc) is 3.06. The van der Waals surface area contributed by atoms with Crippen LogP contribution in [0.3, 0.4) is 0 Å². The number of nitrogens with zero attached hydrogens (tertiary/aromatic N) is 2. The molecule has 1 aromatic carbocycles. The van der Waals surface area contributed by atoms with Crippen molar-refractivity contribution in [1.82, 2.24) is 9.97 Å². The zero-order valence-corrected chi connectivity index (χ0v) is 15.5. The Bertz CT molecular complexity index is 862. The summed E-state index contributed by atoms with van der Waals surface area (Å²) < 4.78 is 0. The van der Waals surface area contributed by atoms with Gasteiger partial charge in [-0.1, -0.05) is 36.9 Å². The number of nitrogens with one attached hydrogen (secondary N) is 1. The Morgan fingerprint density at radius 2 is 2.17 bits per heavy atom. The number of thiazole rings is 1. The third kappa shape index (κ3) is 3.60.